The maximum atomic E-state index is 14.3. The molecule has 2 saturated heterocycles. The molecular weight excluding hydrogens is 512 g/mol. The second-order valence-electron chi connectivity index (χ2n) is 12.3. The van der Waals surface area contributed by atoms with Crippen molar-refractivity contribution in [2.45, 2.75) is 76.9 Å². The van der Waals surface area contributed by atoms with Crippen LogP contribution in [-0.2, 0) is 19.1 Å². The van der Waals surface area contributed by atoms with Gasteiger partial charge in [0.2, 0.25) is 5.91 Å². The molecule has 4 aliphatic rings. The van der Waals surface area contributed by atoms with E-state index in [1.165, 1.54) is 0 Å². The number of nitrogens with two attached hydrogens (primary N) is 1. The van der Waals surface area contributed by atoms with Crippen LogP contribution >= 0.6 is 0 Å². The summed E-state index contributed by atoms with van der Waals surface area (Å²) in [6.07, 6.45) is 2.53. The molecule has 214 valence electrons. The van der Waals surface area contributed by atoms with Gasteiger partial charge in [0.15, 0.2) is 17.3 Å². The normalized spacial score (nSPS) is 41.4. The van der Waals surface area contributed by atoms with Crippen molar-refractivity contribution < 1.29 is 34.1 Å². The number of benzene rings is 1. The standard InChI is InChI=1S/C31H38N2O7/c1-16-8-7-10-20-27(38)29(4)18(3)26-30(40-29,15-23(35)19-9-5-6-11-21(19)32)33-28(39)31(20,26)24(36)13-12-22(34)25(37)17(2)14-16/h5-7,9-11,14,16,18,20,22,26-27,34,38H,8,12-13,15,32H2,1-4H3,(H,33,39). The summed E-state index contributed by atoms with van der Waals surface area (Å²) >= 11 is 0. The number of carbonyl (C=O) groups is 4. The Labute approximate surface area is 233 Å². The molecule has 3 fully saturated rings. The van der Waals surface area contributed by atoms with E-state index in [0.717, 1.165) is 0 Å². The van der Waals surface area contributed by atoms with Crippen molar-refractivity contribution >= 4 is 28.9 Å². The minimum Gasteiger partial charge on any atom is -0.398 e. The predicted molar refractivity (Wildman–Crippen MR) is 147 cm³/mol. The van der Waals surface area contributed by atoms with Gasteiger partial charge in [-0.3, -0.25) is 19.2 Å². The molecule has 0 radical (unpaired) electrons. The van der Waals surface area contributed by atoms with E-state index in [4.69, 9.17) is 10.5 Å². The van der Waals surface area contributed by atoms with Crippen LogP contribution in [0.25, 0.3) is 0 Å². The molecular formula is C31H38N2O7. The van der Waals surface area contributed by atoms with Gasteiger partial charge in [0, 0.05) is 29.5 Å². The van der Waals surface area contributed by atoms with Crippen LogP contribution in [0.5, 0.6) is 0 Å². The number of allylic oxidation sites excluding steroid dienone is 2. The fourth-order valence-corrected chi connectivity index (χ4v) is 7.78. The summed E-state index contributed by atoms with van der Waals surface area (Å²) in [5.74, 6) is -4.18. The molecule has 2 heterocycles. The number of amides is 1. The first kappa shape index (κ1) is 28.4. The van der Waals surface area contributed by atoms with E-state index >= 15 is 0 Å². The number of fused-ring (bicyclic) bond motifs is 1. The number of Topliss-reactive ketones (excluding diaryl/α,β-unsaturated/α-hetero) is 3. The summed E-state index contributed by atoms with van der Waals surface area (Å²) in [5, 5.41) is 25.4. The average molecular weight is 551 g/mol. The molecule has 9 nitrogen and oxygen atoms in total. The molecule has 9 atom stereocenters. The van der Waals surface area contributed by atoms with E-state index in [9.17, 15) is 29.4 Å². The Morgan fingerprint density at radius 2 is 1.88 bits per heavy atom. The van der Waals surface area contributed by atoms with Crippen molar-refractivity contribution in [1.29, 1.82) is 0 Å². The zero-order chi connectivity index (χ0) is 29.2. The summed E-state index contributed by atoms with van der Waals surface area (Å²) in [6.45, 7) is 7.16. The van der Waals surface area contributed by atoms with Crippen LogP contribution in [0.1, 0.15) is 63.7 Å². The molecule has 1 spiro atoms. The van der Waals surface area contributed by atoms with Gasteiger partial charge in [-0.15, -0.1) is 0 Å². The summed E-state index contributed by atoms with van der Waals surface area (Å²) in [6, 6.07) is 6.63. The van der Waals surface area contributed by atoms with Crippen molar-refractivity contribution in [2.75, 3.05) is 5.73 Å². The number of anilines is 1. The highest BCUT2D eigenvalue weighted by atomic mass is 16.6. The molecule has 9 heteroatoms. The Hall–Kier alpha value is -3.14. The van der Waals surface area contributed by atoms with Crippen molar-refractivity contribution in [2.24, 2.45) is 29.1 Å². The van der Waals surface area contributed by atoms with E-state index in [1.807, 2.05) is 19.9 Å². The Bertz CT molecular complexity index is 1340. The number of nitrogens with one attached hydrogen (secondary N) is 1. The average Bonchev–Trinajstić information content (AvgIpc) is 3.24. The lowest BCUT2D eigenvalue weighted by atomic mass is 9.50. The first-order chi connectivity index (χ1) is 18.8. The summed E-state index contributed by atoms with van der Waals surface area (Å²) < 4.78 is 6.56. The molecule has 5 rings (SSSR count). The lowest BCUT2D eigenvalue weighted by molar-refractivity contribution is -0.191. The molecule has 1 aromatic rings. The van der Waals surface area contributed by atoms with Crippen LogP contribution in [0.4, 0.5) is 5.69 Å². The van der Waals surface area contributed by atoms with Gasteiger partial charge in [-0.1, -0.05) is 44.2 Å². The number of hydrogen-bond acceptors (Lipinski definition) is 8. The molecule has 0 aromatic heterocycles. The zero-order valence-corrected chi connectivity index (χ0v) is 23.3. The topological polar surface area (TPSA) is 156 Å². The van der Waals surface area contributed by atoms with Crippen molar-refractivity contribution in [3.05, 3.63) is 53.6 Å². The number of aliphatic hydroxyl groups excluding tert-OH is 2. The molecule has 1 saturated carbocycles. The molecule has 1 aromatic carbocycles. The lowest BCUT2D eigenvalue weighted by Crippen LogP contribution is -2.64. The minimum atomic E-state index is -1.75. The molecule has 2 aliphatic heterocycles. The number of ether oxygens (including phenoxy) is 1. The molecule has 9 unspecified atom stereocenters. The Kier molecular flexibility index (Phi) is 6.92. The summed E-state index contributed by atoms with van der Waals surface area (Å²) in [4.78, 5) is 54.7. The highest BCUT2D eigenvalue weighted by Crippen LogP contribution is 2.68. The van der Waals surface area contributed by atoms with Crippen LogP contribution in [0.3, 0.4) is 0 Å². The third-order valence-corrected chi connectivity index (χ3v) is 9.82. The van der Waals surface area contributed by atoms with E-state index in [2.05, 4.69) is 5.32 Å². The number of para-hydroxylation sites is 1. The van der Waals surface area contributed by atoms with Crippen LogP contribution in [0.2, 0.25) is 0 Å². The predicted octanol–water partition coefficient (Wildman–Crippen LogP) is 2.51. The number of aliphatic hydroxyl groups is 2. The summed E-state index contributed by atoms with van der Waals surface area (Å²) in [5.41, 5.74) is 2.61. The number of rotatable bonds is 3. The van der Waals surface area contributed by atoms with E-state index < -0.39 is 64.2 Å². The largest absolute Gasteiger partial charge is 0.398 e. The number of nitrogen functional groups attached to an aromatic ring is 1. The SMILES string of the molecule is CC1=CC(C)CC=CC2C(O)C3(C)OC4(CC(=O)c5ccccc5N)NC(=O)C2(C(=O)CCC(O)C1=O)C4C3C. The smallest absolute Gasteiger partial charge is 0.237 e. The first-order valence-electron chi connectivity index (χ1n) is 14.0. The third-order valence-electron chi connectivity index (χ3n) is 9.82. The van der Waals surface area contributed by atoms with Gasteiger partial charge in [-0.25, -0.2) is 0 Å². The summed E-state index contributed by atoms with van der Waals surface area (Å²) in [7, 11) is 0. The highest BCUT2D eigenvalue weighted by Gasteiger charge is 2.82. The quantitative estimate of drug-likeness (QED) is 0.194. The van der Waals surface area contributed by atoms with Crippen LogP contribution in [-0.4, -0.2) is 57.0 Å². The zero-order valence-electron chi connectivity index (χ0n) is 23.3. The fraction of sp³-hybridized carbons (Fsp3) is 0.548. The van der Waals surface area contributed by atoms with E-state index in [-0.39, 0.29) is 36.5 Å². The Balaban J connectivity index is 1.63. The maximum absolute atomic E-state index is 14.3. The lowest BCUT2D eigenvalue weighted by Gasteiger charge is -2.50. The van der Waals surface area contributed by atoms with Crippen molar-refractivity contribution in [1.82, 2.24) is 5.32 Å². The number of carbonyl (C=O) groups excluding carboxylic acids is 4. The highest BCUT2D eigenvalue weighted by molar-refractivity contribution is 6.11. The van der Waals surface area contributed by atoms with Gasteiger partial charge >= 0.3 is 0 Å². The molecule has 2 aliphatic carbocycles. The number of ketones is 3. The van der Waals surface area contributed by atoms with Crippen LogP contribution in [0.15, 0.2) is 48.1 Å². The molecule has 40 heavy (non-hydrogen) atoms. The third kappa shape index (κ3) is 3.93. The van der Waals surface area contributed by atoms with Crippen molar-refractivity contribution in [3.8, 4) is 0 Å². The molecule has 5 N–H and O–H groups in total. The van der Waals surface area contributed by atoms with Gasteiger partial charge in [0.05, 0.1) is 18.1 Å². The van der Waals surface area contributed by atoms with Gasteiger partial charge in [-0.2, -0.15) is 0 Å². The molecule has 2 bridgehead atoms. The fourth-order valence-electron chi connectivity index (χ4n) is 7.78. The van der Waals surface area contributed by atoms with E-state index in [0.29, 0.717) is 17.7 Å². The Morgan fingerprint density at radius 1 is 1.18 bits per heavy atom. The van der Waals surface area contributed by atoms with Gasteiger partial charge < -0.3 is 26.0 Å². The van der Waals surface area contributed by atoms with Crippen LogP contribution in [0, 0.1) is 29.1 Å². The van der Waals surface area contributed by atoms with Gasteiger partial charge in [0.1, 0.15) is 17.3 Å². The van der Waals surface area contributed by atoms with Crippen molar-refractivity contribution in [3.63, 3.8) is 0 Å². The van der Waals surface area contributed by atoms with Crippen LogP contribution < -0.4 is 11.1 Å². The molecule has 1 amide bonds. The van der Waals surface area contributed by atoms with E-state index in [1.54, 1.807) is 50.3 Å². The number of hydrogen-bond donors (Lipinski definition) is 4. The van der Waals surface area contributed by atoms with Gasteiger partial charge in [-0.05, 0) is 56.2 Å². The first-order valence-corrected chi connectivity index (χ1v) is 14.0. The second-order valence-corrected chi connectivity index (χ2v) is 12.3. The second kappa shape index (κ2) is 9.75. The maximum Gasteiger partial charge on any atom is 0.237 e. The van der Waals surface area contributed by atoms with Gasteiger partial charge in [0.25, 0.3) is 0 Å². The minimum absolute atomic E-state index is 0.0616. The monoisotopic (exact) mass is 550 g/mol. The Morgan fingerprint density at radius 3 is 2.58 bits per heavy atom.